The number of nitrogens with zero attached hydrogens (tertiary/aromatic N) is 3. The molecule has 0 radical (unpaired) electrons. The van der Waals surface area contributed by atoms with Gasteiger partial charge in [0, 0.05) is 30.2 Å². The summed E-state index contributed by atoms with van der Waals surface area (Å²) >= 11 is 7.38. The molecular formula is C11H16ClN3S. The maximum atomic E-state index is 5.71. The predicted octanol–water partition coefficient (Wildman–Crippen LogP) is 2.85. The van der Waals surface area contributed by atoms with E-state index in [0.29, 0.717) is 0 Å². The highest BCUT2D eigenvalue weighted by Gasteiger charge is 2.07. The number of alkyl halides is 1. The first-order valence-electron chi connectivity index (χ1n) is 5.53. The fraction of sp³-hybridized carbons (Fsp3) is 0.545. The molecule has 0 spiro atoms. The SMILES string of the molecule is CCN(CCCCl)Cc1cn2ccsc2n1. The van der Waals surface area contributed by atoms with Gasteiger partial charge in [-0.2, -0.15) is 0 Å². The van der Waals surface area contributed by atoms with Crippen molar-refractivity contribution in [1.29, 1.82) is 0 Å². The topological polar surface area (TPSA) is 20.5 Å². The lowest BCUT2D eigenvalue weighted by Gasteiger charge is -2.18. The summed E-state index contributed by atoms with van der Waals surface area (Å²) in [5, 5.41) is 2.05. The van der Waals surface area contributed by atoms with E-state index in [1.54, 1.807) is 11.3 Å². The third kappa shape index (κ3) is 2.75. The maximum Gasteiger partial charge on any atom is 0.193 e. The van der Waals surface area contributed by atoms with Crippen LogP contribution < -0.4 is 0 Å². The first-order chi connectivity index (χ1) is 7.83. The zero-order chi connectivity index (χ0) is 11.4. The predicted molar refractivity (Wildman–Crippen MR) is 69.4 cm³/mol. The molecule has 0 N–H and O–H groups in total. The molecule has 0 aromatic carbocycles. The van der Waals surface area contributed by atoms with Crippen LogP contribution >= 0.6 is 22.9 Å². The molecule has 0 amide bonds. The van der Waals surface area contributed by atoms with Crippen molar-refractivity contribution in [1.82, 2.24) is 14.3 Å². The Bertz CT molecular complexity index is 409. The minimum atomic E-state index is 0.731. The van der Waals surface area contributed by atoms with Gasteiger partial charge in [0.05, 0.1) is 5.69 Å². The van der Waals surface area contributed by atoms with Crippen LogP contribution in [0.15, 0.2) is 17.8 Å². The number of rotatable bonds is 6. The maximum absolute atomic E-state index is 5.71. The molecule has 2 aromatic heterocycles. The number of hydrogen-bond acceptors (Lipinski definition) is 3. The average molecular weight is 258 g/mol. The van der Waals surface area contributed by atoms with Crippen LogP contribution in [0.25, 0.3) is 4.96 Å². The number of fused-ring (bicyclic) bond motifs is 1. The molecule has 0 aliphatic heterocycles. The van der Waals surface area contributed by atoms with Gasteiger partial charge in [0.2, 0.25) is 0 Å². The first-order valence-corrected chi connectivity index (χ1v) is 6.94. The monoisotopic (exact) mass is 257 g/mol. The van der Waals surface area contributed by atoms with Crippen molar-refractivity contribution in [2.45, 2.75) is 19.9 Å². The lowest BCUT2D eigenvalue weighted by molar-refractivity contribution is 0.278. The largest absolute Gasteiger partial charge is 0.298 e. The zero-order valence-corrected chi connectivity index (χ0v) is 11.0. The van der Waals surface area contributed by atoms with Crippen molar-refractivity contribution in [2.24, 2.45) is 0 Å². The average Bonchev–Trinajstić information content (AvgIpc) is 2.84. The van der Waals surface area contributed by atoms with Crippen molar-refractivity contribution >= 4 is 27.9 Å². The van der Waals surface area contributed by atoms with Gasteiger partial charge in [-0.1, -0.05) is 6.92 Å². The van der Waals surface area contributed by atoms with E-state index in [-0.39, 0.29) is 0 Å². The number of imidazole rings is 1. The Kier molecular flexibility index (Phi) is 4.21. The third-order valence-corrected chi connectivity index (χ3v) is 3.62. The molecule has 3 nitrogen and oxygen atoms in total. The molecule has 0 atom stereocenters. The summed E-state index contributed by atoms with van der Waals surface area (Å²) < 4.78 is 2.08. The van der Waals surface area contributed by atoms with Gasteiger partial charge < -0.3 is 0 Å². The van der Waals surface area contributed by atoms with Crippen LogP contribution in [0.2, 0.25) is 0 Å². The fourth-order valence-corrected chi connectivity index (χ4v) is 2.55. The summed E-state index contributed by atoms with van der Waals surface area (Å²) in [5.74, 6) is 0.731. The minimum Gasteiger partial charge on any atom is -0.298 e. The fourth-order valence-electron chi connectivity index (χ4n) is 1.71. The second-order valence-corrected chi connectivity index (χ2v) is 4.99. The van der Waals surface area contributed by atoms with Gasteiger partial charge in [0.1, 0.15) is 0 Å². The minimum absolute atomic E-state index is 0.731. The van der Waals surface area contributed by atoms with E-state index < -0.39 is 0 Å². The summed E-state index contributed by atoms with van der Waals surface area (Å²) in [5.41, 5.74) is 1.14. The van der Waals surface area contributed by atoms with Gasteiger partial charge >= 0.3 is 0 Å². The molecule has 0 fully saturated rings. The Labute approximate surface area is 105 Å². The summed E-state index contributed by atoms with van der Waals surface area (Å²) in [7, 11) is 0. The summed E-state index contributed by atoms with van der Waals surface area (Å²) in [6.45, 7) is 5.18. The van der Waals surface area contributed by atoms with E-state index in [2.05, 4.69) is 32.8 Å². The Morgan fingerprint density at radius 1 is 1.56 bits per heavy atom. The first kappa shape index (κ1) is 11.9. The van der Waals surface area contributed by atoms with Crippen molar-refractivity contribution in [3.63, 3.8) is 0 Å². The van der Waals surface area contributed by atoms with E-state index in [1.165, 1.54) is 0 Å². The van der Waals surface area contributed by atoms with Crippen molar-refractivity contribution in [3.05, 3.63) is 23.5 Å². The molecule has 2 heterocycles. The van der Waals surface area contributed by atoms with Gasteiger partial charge in [0.25, 0.3) is 0 Å². The molecular weight excluding hydrogens is 242 g/mol. The number of hydrogen-bond donors (Lipinski definition) is 0. The van der Waals surface area contributed by atoms with Crippen LogP contribution in [0, 0.1) is 0 Å². The van der Waals surface area contributed by atoms with Gasteiger partial charge in [-0.3, -0.25) is 9.30 Å². The van der Waals surface area contributed by atoms with Gasteiger partial charge in [-0.15, -0.1) is 22.9 Å². The highest BCUT2D eigenvalue weighted by atomic mass is 35.5. The molecule has 2 aromatic rings. The second-order valence-electron chi connectivity index (χ2n) is 3.74. The Hall–Kier alpha value is -0.580. The van der Waals surface area contributed by atoms with Gasteiger partial charge in [0.15, 0.2) is 4.96 Å². The quantitative estimate of drug-likeness (QED) is 0.742. The highest BCUT2D eigenvalue weighted by molar-refractivity contribution is 7.15. The molecule has 0 bridgehead atoms. The van der Waals surface area contributed by atoms with Crippen LogP contribution in [0.5, 0.6) is 0 Å². The van der Waals surface area contributed by atoms with Gasteiger partial charge in [-0.25, -0.2) is 4.98 Å². The molecule has 0 saturated heterocycles. The van der Waals surface area contributed by atoms with E-state index in [0.717, 1.165) is 42.6 Å². The molecule has 16 heavy (non-hydrogen) atoms. The smallest absolute Gasteiger partial charge is 0.193 e. The van der Waals surface area contributed by atoms with Crippen LogP contribution in [0.4, 0.5) is 0 Å². The number of aromatic nitrogens is 2. The highest BCUT2D eigenvalue weighted by Crippen LogP contribution is 2.12. The molecule has 0 aliphatic carbocycles. The van der Waals surface area contributed by atoms with Crippen LogP contribution in [0.3, 0.4) is 0 Å². The molecule has 0 saturated carbocycles. The number of halogens is 1. The summed E-state index contributed by atoms with van der Waals surface area (Å²) in [6.07, 6.45) is 5.19. The van der Waals surface area contributed by atoms with Gasteiger partial charge in [-0.05, 0) is 19.5 Å². The Morgan fingerprint density at radius 2 is 2.44 bits per heavy atom. The molecule has 88 valence electrons. The molecule has 2 rings (SSSR count). The van der Waals surface area contributed by atoms with Crippen LogP contribution in [-0.4, -0.2) is 33.3 Å². The molecule has 0 unspecified atom stereocenters. The van der Waals surface area contributed by atoms with E-state index in [1.807, 2.05) is 6.20 Å². The van der Waals surface area contributed by atoms with E-state index in [9.17, 15) is 0 Å². The summed E-state index contributed by atoms with van der Waals surface area (Å²) in [6, 6.07) is 0. The van der Waals surface area contributed by atoms with Crippen molar-refractivity contribution in [3.8, 4) is 0 Å². The van der Waals surface area contributed by atoms with Crippen molar-refractivity contribution < 1.29 is 0 Å². The van der Waals surface area contributed by atoms with Crippen LogP contribution in [-0.2, 0) is 6.54 Å². The van der Waals surface area contributed by atoms with Crippen molar-refractivity contribution in [2.75, 3.05) is 19.0 Å². The van der Waals surface area contributed by atoms with Crippen LogP contribution in [0.1, 0.15) is 19.0 Å². The lowest BCUT2D eigenvalue weighted by atomic mass is 10.3. The van der Waals surface area contributed by atoms with E-state index in [4.69, 9.17) is 11.6 Å². The zero-order valence-electron chi connectivity index (χ0n) is 9.40. The Balaban J connectivity index is 1.99. The Morgan fingerprint density at radius 3 is 3.12 bits per heavy atom. The van der Waals surface area contributed by atoms with E-state index >= 15 is 0 Å². The normalized spacial score (nSPS) is 11.7. The molecule has 5 heteroatoms. The molecule has 0 aliphatic rings. The number of thiazole rings is 1. The summed E-state index contributed by atoms with van der Waals surface area (Å²) in [4.78, 5) is 8.02. The lowest BCUT2D eigenvalue weighted by Crippen LogP contribution is -2.24. The second kappa shape index (κ2) is 5.66. The third-order valence-electron chi connectivity index (χ3n) is 2.58. The standard InChI is InChI=1S/C11H16ClN3S/c1-2-14(5-3-4-12)8-10-9-15-6-7-16-11(15)13-10/h6-7,9H,2-5,8H2,1H3.